The first-order valence-electron chi connectivity index (χ1n) is 5.51. The van der Waals surface area contributed by atoms with Crippen LogP contribution in [0.3, 0.4) is 0 Å². The Morgan fingerprint density at radius 1 is 1.58 bits per heavy atom. The van der Waals surface area contributed by atoms with Crippen LogP contribution in [0.15, 0.2) is 12.1 Å². The molecule has 0 amide bonds. The average Bonchev–Trinajstić information content (AvgIpc) is 2.81. The maximum atomic E-state index is 13.6. The molecular formula is C11H10FIN2O4. The van der Waals surface area contributed by atoms with Crippen molar-refractivity contribution < 1.29 is 19.2 Å². The van der Waals surface area contributed by atoms with E-state index in [4.69, 9.17) is 5.11 Å². The summed E-state index contributed by atoms with van der Waals surface area (Å²) in [7, 11) is 0. The van der Waals surface area contributed by atoms with E-state index in [1.165, 1.54) is 6.07 Å². The van der Waals surface area contributed by atoms with Crippen LogP contribution in [0.2, 0.25) is 0 Å². The number of carbonyl (C=O) groups is 1. The lowest BCUT2D eigenvalue weighted by atomic mass is 10.1. The zero-order chi connectivity index (χ0) is 14.2. The average molecular weight is 380 g/mol. The Kier molecular flexibility index (Phi) is 3.88. The zero-order valence-electron chi connectivity index (χ0n) is 9.68. The molecule has 1 aromatic carbocycles. The largest absolute Gasteiger partial charge is 0.481 e. The van der Waals surface area contributed by atoms with Gasteiger partial charge in [0.15, 0.2) is 0 Å². The van der Waals surface area contributed by atoms with Crippen molar-refractivity contribution in [3.8, 4) is 0 Å². The van der Waals surface area contributed by atoms with Crippen molar-refractivity contribution in [1.29, 1.82) is 0 Å². The summed E-state index contributed by atoms with van der Waals surface area (Å²) in [6.07, 6.45) is 0.403. The van der Waals surface area contributed by atoms with E-state index in [1.54, 1.807) is 27.5 Å². The minimum Gasteiger partial charge on any atom is -0.481 e. The van der Waals surface area contributed by atoms with Gasteiger partial charge in [-0.05, 0) is 29.0 Å². The molecule has 1 atom stereocenters. The van der Waals surface area contributed by atoms with Crippen LogP contribution in [0.1, 0.15) is 6.42 Å². The standard InChI is InChI=1S/C11H10FIN2O4/c12-7-3-9(10(15(18)19)4-8(7)13)14-2-1-6(5-14)11(16)17/h3-4,6H,1-2,5H2,(H,16,17). The van der Waals surface area contributed by atoms with Crippen molar-refractivity contribution in [2.45, 2.75) is 6.42 Å². The SMILES string of the molecule is O=C(O)C1CCN(c2cc(F)c(I)cc2[N+](=O)[O-])C1. The fraction of sp³-hybridized carbons (Fsp3) is 0.364. The number of nitro groups is 1. The minimum absolute atomic E-state index is 0.145. The summed E-state index contributed by atoms with van der Waals surface area (Å²) in [5.74, 6) is -2.04. The van der Waals surface area contributed by atoms with Crippen LogP contribution in [0.5, 0.6) is 0 Å². The predicted octanol–water partition coefficient (Wildman–Crippen LogP) is 2.25. The number of rotatable bonds is 3. The fourth-order valence-corrected chi connectivity index (χ4v) is 2.56. The predicted molar refractivity (Wildman–Crippen MR) is 73.7 cm³/mol. The number of carboxylic acids is 1. The molecule has 19 heavy (non-hydrogen) atoms. The lowest BCUT2D eigenvalue weighted by molar-refractivity contribution is -0.384. The summed E-state index contributed by atoms with van der Waals surface area (Å²) in [5.41, 5.74) is -0.0523. The number of halogens is 2. The van der Waals surface area contributed by atoms with Gasteiger partial charge in [-0.15, -0.1) is 0 Å². The van der Waals surface area contributed by atoms with Gasteiger partial charge in [0.2, 0.25) is 0 Å². The van der Waals surface area contributed by atoms with E-state index >= 15 is 0 Å². The zero-order valence-corrected chi connectivity index (χ0v) is 11.8. The van der Waals surface area contributed by atoms with E-state index in [-0.39, 0.29) is 21.5 Å². The van der Waals surface area contributed by atoms with Crippen molar-refractivity contribution in [3.63, 3.8) is 0 Å². The Labute approximate surface area is 121 Å². The van der Waals surface area contributed by atoms with Gasteiger partial charge in [-0.2, -0.15) is 0 Å². The Bertz CT molecular complexity index is 552. The smallest absolute Gasteiger partial charge is 0.308 e. The molecule has 0 aromatic heterocycles. The summed E-state index contributed by atoms with van der Waals surface area (Å²) in [4.78, 5) is 22.8. The molecule has 1 fully saturated rings. The number of nitrogens with zero attached hydrogens (tertiary/aromatic N) is 2. The highest BCUT2D eigenvalue weighted by molar-refractivity contribution is 14.1. The third-order valence-corrected chi connectivity index (χ3v) is 3.92. The molecule has 1 aromatic rings. The van der Waals surface area contributed by atoms with Crippen LogP contribution >= 0.6 is 22.6 Å². The van der Waals surface area contributed by atoms with Crippen molar-refractivity contribution in [2.24, 2.45) is 5.92 Å². The monoisotopic (exact) mass is 380 g/mol. The number of benzene rings is 1. The maximum Gasteiger partial charge on any atom is 0.308 e. The van der Waals surface area contributed by atoms with Gasteiger partial charge < -0.3 is 10.0 Å². The van der Waals surface area contributed by atoms with Crippen LogP contribution < -0.4 is 4.90 Å². The fourth-order valence-electron chi connectivity index (χ4n) is 2.11. The minimum atomic E-state index is -0.934. The quantitative estimate of drug-likeness (QED) is 0.494. The molecule has 1 heterocycles. The molecule has 102 valence electrons. The molecule has 1 aliphatic heterocycles. The normalized spacial score (nSPS) is 18.6. The van der Waals surface area contributed by atoms with Gasteiger partial charge in [-0.1, -0.05) is 0 Å². The number of anilines is 1. The van der Waals surface area contributed by atoms with Gasteiger partial charge in [0.25, 0.3) is 5.69 Å². The van der Waals surface area contributed by atoms with Gasteiger partial charge in [0.1, 0.15) is 11.5 Å². The summed E-state index contributed by atoms with van der Waals surface area (Å²) in [6.45, 7) is 0.536. The number of aliphatic carboxylic acids is 1. The molecule has 0 saturated carbocycles. The van der Waals surface area contributed by atoms with Crippen LogP contribution in [-0.4, -0.2) is 29.1 Å². The summed E-state index contributed by atoms with van der Waals surface area (Å²) in [5, 5.41) is 19.9. The molecule has 0 bridgehead atoms. The third kappa shape index (κ3) is 2.77. The van der Waals surface area contributed by atoms with Gasteiger partial charge in [0.05, 0.1) is 14.4 Å². The third-order valence-electron chi connectivity index (χ3n) is 3.09. The molecule has 1 N–H and O–H groups in total. The van der Waals surface area contributed by atoms with E-state index in [2.05, 4.69) is 0 Å². The first-order chi connectivity index (χ1) is 8.90. The van der Waals surface area contributed by atoms with Gasteiger partial charge >= 0.3 is 5.97 Å². The van der Waals surface area contributed by atoms with E-state index in [0.717, 1.165) is 6.07 Å². The first-order valence-corrected chi connectivity index (χ1v) is 6.59. The topological polar surface area (TPSA) is 83.7 Å². The van der Waals surface area contributed by atoms with E-state index in [9.17, 15) is 19.3 Å². The van der Waals surface area contributed by atoms with Crippen LogP contribution in [-0.2, 0) is 4.79 Å². The van der Waals surface area contributed by atoms with Crippen LogP contribution in [0.4, 0.5) is 15.8 Å². The van der Waals surface area contributed by atoms with Crippen LogP contribution in [0, 0.1) is 25.4 Å². The lowest BCUT2D eigenvalue weighted by Crippen LogP contribution is -2.23. The number of nitro benzene ring substituents is 1. The Balaban J connectivity index is 2.37. The molecule has 6 nitrogen and oxygen atoms in total. The molecule has 2 rings (SSSR count). The maximum absolute atomic E-state index is 13.6. The van der Waals surface area contributed by atoms with Gasteiger partial charge in [-0.25, -0.2) is 4.39 Å². The molecule has 0 spiro atoms. The second-order valence-electron chi connectivity index (χ2n) is 4.28. The summed E-state index contributed by atoms with van der Waals surface area (Å²) >= 11 is 1.69. The molecule has 1 aliphatic rings. The summed E-state index contributed by atoms with van der Waals surface area (Å²) < 4.78 is 13.7. The highest BCUT2D eigenvalue weighted by atomic mass is 127. The molecule has 8 heteroatoms. The van der Waals surface area contributed by atoms with Crippen molar-refractivity contribution >= 4 is 39.9 Å². The Morgan fingerprint density at radius 2 is 2.26 bits per heavy atom. The van der Waals surface area contributed by atoms with Gasteiger partial charge in [-0.3, -0.25) is 14.9 Å². The molecule has 0 aliphatic carbocycles. The number of hydrogen-bond acceptors (Lipinski definition) is 4. The molecular weight excluding hydrogens is 370 g/mol. The van der Waals surface area contributed by atoms with E-state index in [0.29, 0.717) is 13.0 Å². The second-order valence-corrected chi connectivity index (χ2v) is 5.44. The molecule has 1 unspecified atom stereocenters. The molecule has 0 radical (unpaired) electrons. The van der Waals surface area contributed by atoms with E-state index in [1.807, 2.05) is 0 Å². The highest BCUT2D eigenvalue weighted by Crippen LogP contribution is 2.34. The van der Waals surface area contributed by atoms with Crippen molar-refractivity contribution in [1.82, 2.24) is 0 Å². The van der Waals surface area contributed by atoms with Gasteiger partial charge in [0, 0.05) is 25.2 Å². The first kappa shape index (κ1) is 14.0. The van der Waals surface area contributed by atoms with Crippen molar-refractivity contribution in [2.75, 3.05) is 18.0 Å². The number of carboxylic acid groups (broad SMARTS) is 1. The second kappa shape index (κ2) is 5.27. The molecule has 1 saturated heterocycles. The Morgan fingerprint density at radius 3 is 2.79 bits per heavy atom. The number of hydrogen-bond donors (Lipinski definition) is 1. The summed E-state index contributed by atoms with van der Waals surface area (Å²) in [6, 6.07) is 2.27. The Hall–Kier alpha value is -1.45. The van der Waals surface area contributed by atoms with Crippen molar-refractivity contribution in [3.05, 3.63) is 31.6 Å². The van der Waals surface area contributed by atoms with E-state index < -0.39 is 22.6 Å². The highest BCUT2D eigenvalue weighted by Gasteiger charge is 2.32. The van der Waals surface area contributed by atoms with Crippen LogP contribution in [0.25, 0.3) is 0 Å². The lowest BCUT2D eigenvalue weighted by Gasteiger charge is -2.18.